The lowest BCUT2D eigenvalue weighted by atomic mass is 10.2. The average molecular weight is 316 g/mol. The van der Waals surface area contributed by atoms with Crippen LogP contribution in [0, 0.1) is 5.92 Å². The molecule has 0 saturated carbocycles. The molecule has 0 aliphatic heterocycles. The van der Waals surface area contributed by atoms with Gasteiger partial charge < -0.3 is 14.8 Å². The lowest BCUT2D eigenvalue weighted by molar-refractivity contribution is -0.123. The van der Waals surface area contributed by atoms with Crippen LogP contribution in [0.3, 0.4) is 0 Å². The van der Waals surface area contributed by atoms with E-state index in [0.717, 1.165) is 10.2 Å². The Morgan fingerprint density at radius 2 is 2.17 bits per heavy atom. The molecule has 5 heteroatoms. The number of hydrogen-bond acceptors (Lipinski definition) is 3. The molecule has 0 heterocycles. The second-order valence-electron chi connectivity index (χ2n) is 4.28. The highest BCUT2D eigenvalue weighted by Crippen LogP contribution is 2.28. The molecule has 0 atom stereocenters. The first-order valence-electron chi connectivity index (χ1n) is 5.76. The van der Waals surface area contributed by atoms with Crippen LogP contribution in [0.4, 0.5) is 0 Å². The number of benzene rings is 1. The molecule has 0 radical (unpaired) electrons. The van der Waals surface area contributed by atoms with E-state index >= 15 is 0 Å². The van der Waals surface area contributed by atoms with Gasteiger partial charge in [0.2, 0.25) is 0 Å². The van der Waals surface area contributed by atoms with Gasteiger partial charge in [-0.05, 0) is 40.0 Å². The molecular weight excluding hydrogens is 298 g/mol. The number of rotatable bonds is 6. The molecule has 1 aromatic carbocycles. The van der Waals surface area contributed by atoms with E-state index in [-0.39, 0.29) is 12.5 Å². The molecule has 0 unspecified atom stereocenters. The second kappa shape index (κ2) is 7.26. The summed E-state index contributed by atoms with van der Waals surface area (Å²) in [5, 5.41) is 2.79. The molecule has 0 aliphatic carbocycles. The van der Waals surface area contributed by atoms with Crippen molar-refractivity contribution in [1.29, 1.82) is 0 Å². The fourth-order valence-electron chi connectivity index (χ4n) is 1.24. The predicted molar refractivity (Wildman–Crippen MR) is 74.0 cm³/mol. The van der Waals surface area contributed by atoms with Gasteiger partial charge in [-0.2, -0.15) is 0 Å². The Balaban J connectivity index is 2.46. The first-order valence-corrected chi connectivity index (χ1v) is 6.55. The van der Waals surface area contributed by atoms with Crippen LogP contribution in [0.15, 0.2) is 22.7 Å². The number of carbonyl (C=O) groups is 1. The zero-order valence-corrected chi connectivity index (χ0v) is 12.4. The van der Waals surface area contributed by atoms with E-state index in [1.54, 1.807) is 25.3 Å². The average Bonchev–Trinajstić information content (AvgIpc) is 2.34. The Bertz CT molecular complexity index is 407. The molecule has 0 saturated heterocycles. The Kier molecular flexibility index (Phi) is 5.98. The van der Waals surface area contributed by atoms with Gasteiger partial charge >= 0.3 is 0 Å². The van der Waals surface area contributed by atoms with Gasteiger partial charge in [0, 0.05) is 6.54 Å². The minimum Gasteiger partial charge on any atom is -0.497 e. The first kappa shape index (κ1) is 14.8. The SMILES string of the molecule is COc1ccc(OCC(=O)NCC(C)C)c(Br)c1. The molecule has 18 heavy (non-hydrogen) atoms. The van der Waals surface area contributed by atoms with E-state index in [2.05, 4.69) is 21.2 Å². The van der Waals surface area contributed by atoms with Crippen LogP contribution in [0.25, 0.3) is 0 Å². The highest BCUT2D eigenvalue weighted by atomic mass is 79.9. The molecule has 4 nitrogen and oxygen atoms in total. The third-order valence-electron chi connectivity index (χ3n) is 2.21. The third kappa shape index (κ3) is 4.96. The summed E-state index contributed by atoms with van der Waals surface area (Å²) in [4.78, 5) is 11.5. The van der Waals surface area contributed by atoms with E-state index < -0.39 is 0 Å². The van der Waals surface area contributed by atoms with Crippen molar-refractivity contribution in [3.05, 3.63) is 22.7 Å². The van der Waals surface area contributed by atoms with Gasteiger partial charge in [-0.25, -0.2) is 0 Å². The van der Waals surface area contributed by atoms with Crippen molar-refractivity contribution >= 4 is 21.8 Å². The predicted octanol–water partition coefficient (Wildman–Crippen LogP) is 2.61. The number of methoxy groups -OCH3 is 1. The maximum atomic E-state index is 11.5. The Hall–Kier alpha value is -1.23. The van der Waals surface area contributed by atoms with Gasteiger partial charge in [0.25, 0.3) is 5.91 Å². The maximum Gasteiger partial charge on any atom is 0.257 e. The molecule has 0 spiro atoms. The van der Waals surface area contributed by atoms with E-state index in [9.17, 15) is 4.79 Å². The van der Waals surface area contributed by atoms with Crippen molar-refractivity contribution in [2.24, 2.45) is 5.92 Å². The van der Waals surface area contributed by atoms with E-state index in [4.69, 9.17) is 9.47 Å². The smallest absolute Gasteiger partial charge is 0.257 e. The zero-order valence-electron chi connectivity index (χ0n) is 10.8. The van der Waals surface area contributed by atoms with E-state index in [1.807, 2.05) is 13.8 Å². The molecule has 0 aromatic heterocycles. The number of hydrogen-bond donors (Lipinski definition) is 1. The van der Waals surface area contributed by atoms with Gasteiger partial charge in [0.15, 0.2) is 6.61 Å². The summed E-state index contributed by atoms with van der Waals surface area (Å²) in [7, 11) is 1.60. The summed E-state index contributed by atoms with van der Waals surface area (Å²) in [6.07, 6.45) is 0. The highest BCUT2D eigenvalue weighted by molar-refractivity contribution is 9.10. The Labute approximate surface area is 116 Å². The standard InChI is InChI=1S/C13H18BrNO3/c1-9(2)7-15-13(16)8-18-12-5-4-10(17-3)6-11(12)14/h4-6,9H,7-8H2,1-3H3,(H,15,16). The molecule has 0 aliphatic rings. The molecule has 1 N–H and O–H groups in total. The number of halogens is 1. The normalized spacial score (nSPS) is 10.3. The van der Waals surface area contributed by atoms with E-state index in [0.29, 0.717) is 18.2 Å². The highest BCUT2D eigenvalue weighted by Gasteiger charge is 2.07. The van der Waals surface area contributed by atoms with E-state index in [1.165, 1.54) is 0 Å². The van der Waals surface area contributed by atoms with Crippen LogP contribution in [0.2, 0.25) is 0 Å². The largest absolute Gasteiger partial charge is 0.497 e. The van der Waals surface area contributed by atoms with Crippen LogP contribution in [0.5, 0.6) is 11.5 Å². The van der Waals surface area contributed by atoms with Gasteiger partial charge in [-0.3, -0.25) is 4.79 Å². The molecule has 0 fully saturated rings. The molecule has 1 amide bonds. The number of ether oxygens (including phenoxy) is 2. The number of carbonyl (C=O) groups excluding carboxylic acids is 1. The van der Waals surface area contributed by atoms with Crippen LogP contribution in [-0.4, -0.2) is 26.2 Å². The van der Waals surface area contributed by atoms with Crippen molar-refractivity contribution in [1.82, 2.24) is 5.32 Å². The topological polar surface area (TPSA) is 47.6 Å². The summed E-state index contributed by atoms with van der Waals surface area (Å²) < 4.78 is 11.3. The third-order valence-corrected chi connectivity index (χ3v) is 2.83. The van der Waals surface area contributed by atoms with Crippen molar-refractivity contribution in [2.75, 3.05) is 20.3 Å². The fraction of sp³-hybridized carbons (Fsp3) is 0.462. The minimum atomic E-state index is -0.119. The van der Waals surface area contributed by atoms with Crippen LogP contribution in [-0.2, 0) is 4.79 Å². The monoisotopic (exact) mass is 315 g/mol. The summed E-state index contributed by atoms with van der Waals surface area (Å²) in [5.74, 6) is 1.67. The number of amides is 1. The van der Waals surface area contributed by atoms with Crippen molar-refractivity contribution < 1.29 is 14.3 Å². The Morgan fingerprint density at radius 3 is 2.72 bits per heavy atom. The first-order chi connectivity index (χ1) is 8.52. The van der Waals surface area contributed by atoms with Crippen LogP contribution in [0.1, 0.15) is 13.8 Å². The summed E-state index contributed by atoms with van der Waals surface area (Å²) >= 11 is 3.36. The summed E-state index contributed by atoms with van der Waals surface area (Å²) in [5.41, 5.74) is 0. The van der Waals surface area contributed by atoms with Gasteiger partial charge in [-0.1, -0.05) is 13.8 Å². The number of nitrogens with one attached hydrogen (secondary N) is 1. The quantitative estimate of drug-likeness (QED) is 0.877. The molecular formula is C13H18BrNO3. The maximum absolute atomic E-state index is 11.5. The fourth-order valence-corrected chi connectivity index (χ4v) is 1.71. The molecule has 0 bridgehead atoms. The van der Waals surface area contributed by atoms with Gasteiger partial charge in [-0.15, -0.1) is 0 Å². The lowest BCUT2D eigenvalue weighted by Crippen LogP contribution is -2.31. The van der Waals surface area contributed by atoms with Crippen molar-refractivity contribution in [3.8, 4) is 11.5 Å². The second-order valence-corrected chi connectivity index (χ2v) is 5.14. The zero-order chi connectivity index (χ0) is 13.5. The van der Waals surface area contributed by atoms with Crippen LogP contribution < -0.4 is 14.8 Å². The van der Waals surface area contributed by atoms with Crippen molar-refractivity contribution in [2.45, 2.75) is 13.8 Å². The van der Waals surface area contributed by atoms with Crippen molar-refractivity contribution in [3.63, 3.8) is 0 Å². The summed E-state index contributed by atoms with van der Waals surface area (Å²) in [6, 6.07) is 5.34. The van der Waals surface area contributed by atoms with Crippen LogP contribution >= 0.6 is 15.9 Å². The Morgan fingerprint density at radius 1 is 1.44 bits per heavy atom. The van der Waals surface area contributed by atoms with Gasteiger partial charge in [0.05, 0.1) is 11.6 Å². The molecule has 100 valence electrons. The molecule has 1 rings (SSSR count). The van der Waals surface area contributed by atoms with Gasteiger partial charge in [0.1, 0.15) is 11.5 Å². The minimum absolute atomic E-state index is 0.0116. The molecule has 1 aromatic rings. The summed E-state index contributed by atoms with van der Waals surface area (Å²) in [6.45, 7) is 4.76. The lowest BCUT2D eigenvalue weighted by Gasteiger charge is -2.10.